The Balaban J connectivity index is 2.27. The van der Waals surface area contributed by atoms with Crippen molar-refractivity contribution in [2.75, 3.05) is 6.54 Å². The highest BCUT2D eigenvalue weighted by Crippen LogP contribution is 2.20. The van der Waals surface area contributed by atoms with Crippen LogP contribution in [-0.4, -0.2) is 11.5 Å². The van der Waals surface area contributed by atoms with Gasteiger partial charge in [-0.3, -0.25) is 4.98 Å². The highest BCUT2D eigenvalue weighted by Gasteiger charge is 2.19. The molecular weight excluding hydrogens is 148 g/mol. The molecule has 1 aromatic rings. The van der Waals surface area contributed by atoms with Gasteiger partial charge >= 0.3 is 0 Å². The van der Waals surface area contributed by atoms with Crippen LogP contribution in [-0.2, 0) is 0 Å². The zero-order chi connectivity index (χ0) is 8.39. The Bertz CT molecular complexity index is 321. The third kappa shape index (κ3) is 1.19. The first-order valence-electron chi connectivity index (χ1n) is 4.06. The molecule has 1 aliphatic heterocycles. The Morgan fingerprint density at radius 1 is 1.67 bits per heavy atom. The van der Waals surface area contributed by atoms with Crippen LogP contribution in [0.25, 0.3) is 0 Å². The summed E-state index contributed by atoms with van der Waals surface area (Å²) < 4.78 is 0. The van der Waals surface area contributed by atoms with E-state index in [4.69, 9.17) is 6.42 Å². The van der Waals surface area contributed by atoms with Gasteiger partial charge in [0.25, 0.3) is 0 Å². The lowest BCUT2D eigenvalue weighted by Gasteiger charge is -2.26. The van der Waals surface area contributed by atoms with Gasteiger partial charge in [-0.2, -0.15) is 0 Å². The van der Waals surface area contributed by atoms with E-state index in [1.807, 2.05) is 12.1 Å². The van der Waals surface area contributed by atoms with E-state index in [1.54, 1.807) is 6.20 Å². The van der Waals surface area contributed by atoms with Gasteiger partial charge in [-0.15, -0.1) is 6.42 Å². The Morgan fingerprint density at radius 2 is 2.50 bits per heavy atom. The Hall–Kier alpha value is -1.33. The summed E-state index contributed by atoms with van der Waals surface area (Å²) >= 11 is 0. The minimum absolute atomic E-state index is 0.429. The van der Waals surface area contributed by atoms with Crippen LogP contribution in [0.15, 0.2) is 18.3 Å². The van der Waals surface area contributed by atoms with Gasteiger partial charge in [0, 0.05) is 11.8 Å². The van der Waals surface area contributed by atoms with Crippen LogP contribution in [0.4, 0.5) is 0 Å². The van der Waals surface area contributed by atoms with Crippen molar-refractivity contribution in [3.63, 3.8) is 0 Å². The smallest absolute Gasteiger partial charge is 0.0586 e. The molecular formula is C10H10N2. The van der Waals surface area contributed by atoms with Crippen LogP contribution >= 0.6 is 0 Å². The predicted octanol–water partition coefficient (Wildman–Crippen LogP) is 1.10. The maximum Gasteiger partial charge on any atom is 0.0586 e. The molecule has 1 aliphatic rings. The molecule has 2 heteroatoms. The third-order valence-electron chi connectivity index (χ3n) is 2.13. The van der Waals surface area contributed by atoms with E-state index in [1.165, 1.54) is 6.42 Å². The van der Waals surface area contributed by atoms with Crippen LogP contribution < -0.4 is 5.32 Å². The molecule has 0 aliphatic carbocycles. The number of hydrogen-bond donors (Lipinski definition) is 1. The van der Waals surface area contributed by atoms with Crippen molar-refractivity contribution < 1.29 is 0 Å². The molecule has 0 amide bonds. The molecule has 1 aromatic heterocycles. The lowest BCUT2D eigenvalue weighted by molar-refractivity contribution is 0.375. The molecule has 12 heavy (non-hydrogen) atoms. The number of hydrogen-bond acceptors (Lipinski definition) is 2. The van der Waals surface area contributed by atoms with Crippen LogP contribution in [0, 0.1) is 12.3 Å². The summed E-state index contributed by atoms with van der Waals surface area (Å²) in [6, 6.07) is 4.25. The van der Waals surface area contributed by atoms with Crippen LogP contribution in [0.1, 0.15) is 23.7 Å². The molecule has 0 bridgehead atoms. The molecule has 1 fully saturated rings. The van der Waals surface area contributed by atoms with Crippen LogP contribution in [0.2, 0.25) is 0 Å². The summed E-state index contributed by atoms with van der Waals surface area (Å²) in [6.07, 6.45) is 8.22. The van der Waals surface area contributed by atoms with Crippen LogP contribution in [0.3, 0.4) is 0 Å². The van der Waals surface area contributed by atoms with Gasteiger partial charge in [0.2, 0.25) is 0 Å². The van der Waals surface area contributed by atoms with Crippen molar-refractivity contribution in [2.45, 2.75) is 12.5 Å². The highest BCUT2D eigenvalue weighted by atomic mass is 15.0. The number of aromatic nitrogens is 1. The zero-order valence-electron chi connectivity index (χ0n) is 6.75. The molecule has 1 N–H and O–H groups in total. The quantitative estimate of drug-likeness (QED) is 0.619. The monoisotopic (exact) mass is 158 g/mol. The number of nitrogens with one attached hydrogen (secondary N) is 1. The molecule has 0 spiro atoms. The minimum Gasteiger partial charge on any atom is -0.309 e. The average molecular weight is 158 g/mol. The maximum atomic E-state index is 5.28. The van der Waals surface area contributed by atoms with Crippen molar-refractivity contribution in [3.8, 4) is 12.3 Å². The van der Waals surface area contributed by atoms with E-state index in [-0.39, 0.29) is 0 Å². The number of terminal acetylenes is 1. The lowest BCUT2D eigenvalue weighted by Crippen LogP contribution is -2.35. The molecule has 60 valence electrons. The fourth-order valence-electron chi connectivity index (χ4n) is 1.27. The topological polar surface area (TPSA) is 24.9 Å². The molecule has 2 heterocycles. The van der Waals surface area contributed by atoms with E-state index in [9.17, 15) is 0 Å². The zero-order valence-corrected chi connectivity index (χ0v) is 6.75. The number of nitrogens with zero attached hydrogens (tertiary/aromatic N) is 1. The Kier molecular flexibility index (Phi) is 1.81. The van der Waals surface area contributed by atoms with Gasteiger partial charge in [-0.1, -0.05) is 5.92 Å². The number of rotatable bonds is 1. The van der Waals surface area contributed by atoms with Crippen molar-refractivity contribution in [1.82, 2.24) is 10.3 Å². The molecule has 0 radical (unpaired) electrons. The van der Waals surface area contributed by atoms with Gasteiger partial charge in [0.05, 0.1) is 11.7 Å². The molecule has 0 unspecified atom stereocenters. The summed E-state index contributed by atoms with van der Waals surface area (Å²) in [5.41, 5.74) is 1.98. The van der Waals surface area contributed by atoms with Gasteiger partial charge in [0.1, 0.15) is 0 Å². The second-order valence-corrected chi connectivity index (χ2v) is 2.91. The van der Waals surface area contributed by atoms with Gasteiger partial charge < -0.3 is 5.32 Å². The largest absolute Gasteiger partial charge is 0.309 e. The molecule has 0 saturated carbocycles. The van der Waals surface area contributed by atoms with Crippen molar-refractivity contribution in [1.29, 1.82) is 0 Å². The fourth-order valence-corrected chi connectivity index (χ4v) is 1.27. The SMILES string of the molecule is C#Cc1ccnc([C@H]2CCN2)c1. The summed E-state index contributed by atoms with van der Waals surface area (Å²) in [5, 5.41) is 3.28. The normalized spacial score (nSPS) is 21.1. The summed E-state index contributed by atoms with van der Waals surface area (Å²) in [7, 11) is 0. The van der Waals surface area contributed by atoms with Crippen LogP contribution in [0.5, 0.6) is 0 Å². The third-order valence-corrected chi connectivity index (χ3v) is 2.13. The average Bonchev–Trinajstić information content (AvgIpc) is 2.02. The van der Waals surface area contributed by atoms with E-state index >= 15 is 0 Å². The Labute approximate surface area is 72.0 Å². The standard InChI is InChI=1S/C10H10N2/c1-2-8-3-5-12-10(7-8)9-4-6-11-9/h1,3,5,7,9,11H,4,6H2/t9-/m1/s1. The summed E-state index contributed by atoms with van der Waals surface area (Å²) in [4.78, 5) is 4.25. The first-order valence-corrected chi connectivity index (χ1v) is 4.06. The molecule has 1 saturated heterocycles. The molecule has 1 atom stereocenters. The van der Waals surface area contributed by atoms with E-state index < -0.39 is 0 Å². The summed E-state index contributed by atoms with van der Waals surface area (Å²) in [5.74, 6) is 2.60. The predicted molar refractivity (Wildman–Crippen MR) is 47.5 cm³/mol. The lowest BCUT2D eigenvalue weighted by atomic mass is 10.0. The summed E-state index contributed by atoms with van der Waals surface area (Å²) in [6.45, 7) is 1.09. The van der Waals surface area contributed by atoms with Crippen molar-refractivity contribution in [2.24, 2.45) is 0 Å². The van der Waals surface area contributed by atoms with Crippen molar-refractivity contribution >= 4 is 0 Å². The second-order valence-electron chi connectivity index (χ2n) is 2.91. The minimum atomic E-state index is 0.429. The van der Waals surface area contributed by atoms with E-state index in [0.717, 1.165) is 17.8 Å². The second kappa shape index (κ2) is 2.96. The Morgan fingerprint density at radius 3 is 3.08 bits per heavy atom. The maximum absolute atomic E-state index is 5.28. The number of pyridine rings is 1. The molecule has 0 aromatic carbocycles. The molecule has 2 nitrogen and oxygen atoms in total. The fraction of sp³-hybridized carbons (Fsp3) is 0.300. The molecule has 2 rings (SSSR count). The van der Waals surface area contributed by atoms with E-state index in [0.29, 0.717) is 6.04 Å². The van der Waals surface area contributed by atoms with Gasteiger partial charge in [-0.05, 0) is 25.1 Å². The first kappa shape index (κ1) is 7.33. The van der Waals surface area contributed by atoms with Gasteiger partial charge in [0.15, 0.2) is 0 Å². The van der Waals surface area contributed by atoms with Crippen molar-refractivity contribution in [3.05, 3.63) is 29.6 Å². The highest BCUT2D eigenvalue weighted by molar-refractivity contribution is 5.33. The van der Waals surface area contributed by atoms with Gasteiger partial charge in [-0.25, -0.2) is 0 Å². The first-order chi connectivity index (χ1) is 5.90. The van der Waals surface area contributed by atoms with E-state index in [2.05, 4.69) is 16.2 Å².